The quantitative estimate of drug-likeness (QED) is 0.167. The van der Waals surface area contributed by atoms with Gasteiger partial charge in [-0.05, 0) is 43.2 Å². The number of hydrogen-bond acceptors (Lipinski definition) is 8. The summed E-state index contributed by atoms with van der Waals surface area (Å²) in [4.78, 5) is 33.2. The first-order valence-corrected chi connectivity index (χ1v) is 11.4. The summed E-state index contributed by atoms with van der Waals surface area (Å²) in [5, 5.41) is 19.1. The molecule has 1 aliphatic carbocycles. The molecule has 178 valence electrons. The van der Waals surface area contributed by atoms with Gasteiger partial charge in [0.2, 0.25) is 23.4 Å². The average molecular weight is 473 g/mol. The minimum absolute atomic E-state index is 0.0164. The molecular formula is C20H30ClFN6O4. The number of anilines is 2. The van der Waals surface area contributed by atoms with Crippen molar-refractivity contribution in [3.8, 4) is 0 Å². The lowest BCUT2D eigenvalue weighted by molar-refractivity contribution is -0.154. The maximum atomic E-state index is 15.2. The Morgan fingerprint density at radius 1 is 1.31 bits per heavy atom. The van der Waals surface area contributed by atoms with Crippen molar-refractivity contribution in [2.24, 2.45) is 11.8 Å². The maximum Gasteiger partial charge on any atom is 0.243 e. The molecule has 1 saturated carbocycles. The number of carbonyl (C=O) groups excluding carboxylic acids is 2. The number of hydrogen-bond donors (Lipinski definition) is 4. The standard InChI is InChI=1S/C20H30ClFN6O4/c21-20-23-17(16(22)18(24-20)28-8-3-6-15(28)7-9-29)25-26-19(31)14(11-27(32)12-30)10-13-4-1-2-5-13/h12-15,29,32H,1-11H2,(H,26,31)(H,23,24,25)/t14-,15+/m1/s1. The number of rotatable bonds is 11. The third kappa shape index (κ3) is 6.17. The van der Waals surface area contributed by atoms with E-state index in [0.29, 0.717) is 30.4 Å². The Morgan fingerprint density at radius 3 is 2.75 bits per heavy atom. The fourth-order valence-corrected chi connectivity index (χ4v) is 4.81. The normalized spacial score (nSPS) is 19.8. The molecule has 0 spiro atoms. The second kappa shape index (κ2) is 11.6. The van der Waals surface area contributed by atoms with Crippen LogP contribution in [0.15, 0.2) is 0 Å². The predicted octanol–water partition coefficient (Wildman–Crippen LogP) is 2.11. The van der Waals surface area contributed by atoms with Gasteiger partial charge in [-0.3, -0.25) is 25.6 Å². The topological polar surface area (TPSA) is 131 Å². The van der Waals surface area contributed by atoms with E-state index in [2.05, 4.69) is 20.8 Å². The molecule has 2 amide bonds. The van der Waals surface area contributed by atoms with E-state index in [1.54, 1.807) is 4.90 Å². The Balaban J connectivity index is 1.70. The number of aliphatic hydroxyl groups excluding tert-OH is 1. The highest BCUT2D eigenvalue weighted by atomic mass is 35.5. The van der Waals surface area contributed by atoms with Crippen molar-refractivity contribution in [2.45, 2.75) is 57.4 Å². The Bertz CT molecular complexity index is 798. The minimum Gasteiger partial charge on any atom is -0.396 e. The molecule has 0 unspecified atom stereocenters. The van der Waals surface area contributed by atoms with Crippen LogP contribution in [0.3, 0.4) is 0 Å². The van der Waals surface area contributed by atoms with E-state index in [0.717, 1.165) is 38.5 Å². The van der Waals surface area contributed by atoms with Gasteiger partial charge < -0.3 is 10.0 Å². The first kappa shape index (κ1) is 24.4. The summed E-state index contributed by atoms with van der Waals surface area (Å²) in [6.45, 7) is 0.387. The van der Waals surface area contributed by atoms with E-state index in [-0.39, 0.29) is 42.5 Å². The number of amides is 2. The van der Waals surface area contributed by atoms with Crippen LogP contribution in [0.25, 0.3) is 0 Å². The van der Waals surface area contributed by atoms with Crippen molar-refractivity contribution >= 4 is 35.6 Å². The third-order valence-corrected chi connectivity index (χ3v) is 6.38. The summed E-state index contributed by atoms with van der Waals surface area (Å²) in [5.74, 6) is -1.85. The molecule has 1 saturated heterocycles. The van der Waals surface area contributed by atoms with Crippen LogP contribution in [0.5, 0.6) is 0 Å². The van der Waals surface area contributed by atoms with Gasteiger partial charge in [-0.1, -0.05) is 25.7 Å². The van der Waals surface area contributed by atoms with Crippen LogP contribution in [0, 0.1) is 17.7 Å². The molecule has 0 radical (unpaired) electrons. The van der Waals surface area contributed by atoms with Gasteiger partial charge in [0.1, 0.15) is 0 Å². The number of nitrogens with one attached hydrogen (secondary N) is 2. The molecule has 0 aromatic carbocycles. The van der Waals surface area contributed by atoms with E-state index in [4.69, 9.17) is 11.6 Å². The fourth-order valence-electron chi connectivity index (χ4n) is 4.65. The van der Waals surface area contributed by atoms with Crippen molar-refractivity contribution in [3.05, 3.63) is 11.1 Å². The molecule has 2 atom stereocenters. The summed E-state index contributed by atoms with van der Waals surface area (Å²) >= 11 is 6.01. The number of aliphatic hydroxyl groups is 1. The molecule has 2 fully saturated rings. The molecule has 1 aromatic rings. The summed E-state index contributed by atoms with van der Waals surface area (Å²) in [6.07, 6.45) is 7.05. The van der Waals surface area contributed by atoms with Crippen LogP contribution >= 0.6 is 11.6 Å². The van der Waals surface area contributed by atoms with E-state index in [1.165, 1.54) is 0 Å². The summed E-state index contributed by atoms with van der Waals surface area (Å²) in [7, 11) is 0. The van der Waals surface area contributed by atoms with Gasteiger partial charge in [0.05, 0.1) is 12.5 Å². The number of aromatic nitrogens is 2. The summed E-state index contributed by atoms with van der Waals surface area (Å²) < 4.78 is 15.2. The Morgan fingerprint density at radius 2 is 2.06 bits per heavy atom. The number of halogens is 2. The molecule has 12 heteroatoms. The molecule has 4 N–H and O–H groups in total. The molecule has 3 rings (SSSR count). The van der Waals surface area contributed by atoms with Crippen LogP contribution in [0.1, 0.15) is 51.4 Å². The molecule has 1 aliphatic heterocycles. The van der Waals surface area contributed by atoms with Crippen molar-refractivity contribution in [1.29, 1.82) is 0 Å². The SMILES string of the molecule is O=CN(O)C[C@@H](CC1CCCC1)C(=O)NNc1nc(Cl)nc(N2CCC[C@H]2CCO)c1F. The number of nitrogens with zero attached hydrogens (tertiary/aromatic N) is 4. The first-order valence-electron chi connectivity index (χ1n) is 11.0. The summed E-state index contributed by atoms with van der Waals surface area (Å²) in [5.41, 5.74) is 4.92. The zero-order valence-electron chi connectivity index (χ0n) is 17.8. The maximum absolute atomic E-state index is 15.2. The van der Waals surface area contributed by atoms with Crippen molar-refractivity contribution in [3.63, 3.8) is 0 Å². The lowest BCUT2D eigenvalue weighted by Crippen LogP contribution is -2.41. The van der Waals surface area contributed by atoms with Crippen LogP contribution in [-0.2, 0) is 9.59 Å². The highest BCUT2D eigenvalue weighted by molar-refractivity contribution is 6.28. The van der Waals surface area contributed by atoms with Crippen LogP contribution in [0.4, 0.5) is 16.0 Å². The molecule has 32 heavy (non-hydrogen) atoms. The van der Waals surface area contributed by atoms with Gasteiger partial charge >= 0.3 is 0 Å². The number of carbonyl (C=O) groups is 2. The molecule has 2 aliphatic rings. The monoisotopic (exact) mass is 472 g/mol. The van der Waals surface area contributed by atoms with E-state index in [1.807, 2.05) is 0 Å². The van der Waals surface area contributed by atoms with E-state index < -0.39 is 17.6 Å². The molecule has 10 nitrogen and oxygen atoms in total. The zero-order chi connectivity index (χ0) is 23.1. The number of hydrazine groups is 1. The van der Waals surface area contributed by atoms with Crippen molar-refractivity contribution in [1.82, 2.24) is 20.5 Å². The molecule has 0 bridgehead atoms. The van der Waals surface area contributed by atoms with Crippen LogP contribution in [-0.4, -0.2) is 63.4 Å². The lowest BCUT2D eigenvalue weighted by Gasteiger charge is -2.26. The third-order valence-electron chi connectivity index (χ3n) is 6.21. The van der Waals surface area contributed by atoms with Gasteiger partial charge in [-0.2, -0.15) is 14.4 Å². The minimum atomic E-state index is -0.761. The fraction of sp³-hybridized carbons (Fsp3) is 0.700. The van der Waals surface area contributed by atoms with Gasteiger partial charge in [0.25, 0.3) is 0 Å². The number of hydroxylamine groups is 2. The highest BCUT2D eigenvalue weighted by Gasteiger charge is 2.30. The smallest absolute Gasteiger partial charge is 0.243 e. The average Bonchev–Trinajstić information content (AvgIpc) is 3.45. The highest BCUT2D eigenvalue weighted by Crippen LogP contribution is 2.32. The van der Waals surface area contributed by atoms with Gasteiger partial charge in [-0.25, -0.2) is 5.06 Å². The molecular weight excluding hydrogens is 443 g/mol. The first-order chi connectivity index (χ1) is 15.4. The van der Waals surface area contributed by atoms with Crippen LogP contribution in [0.2, 0.25) is 5.28 Å². The van der Waals surface area contributed by atoms with Crippen molar-refractivity contribution < 1.29 is 24.3 Å². The van der Waals surface area contributed by atoms with Crippen molar-refractivity contribution in [2.75, 3.05) is 30.0 Å². The Hall–Kier alpha value is -2.24. The van der Waals surface area contributed by atoms with Gasteiger partial charge in [0, 0.05) is 19.2 Å². The van der Waals surface area contributed by atoms with Gasteiger partial charge in [0.15, 0.2) is 11.6 Å². The second-order valence-electron chi connectivity index (χ2n) is 8.41. The van der Waals surface area contributed by atoms with E-state index >= 15 is 4.39 Å². The van der Waals surface area contributed by atoms with Gasteiger partial charge in [-0.15, -0.1) is 0 Å². The lowest BCUT2D eigenvalue weighted by atomic mass is 9.92. The molecule has 2 heterocycles. The summed E-state index contributed by atoms with van der Waals surface area (Å²) in [6, 6.07) is -0.0578. The second-order valence-corrected chi connectivity index (χ2v) is 8.74. The Labute approximate surface area is 191 Å². The van der Waals surface area contributed by atoms with E-state index in [9.17, 15) is 19.9 Å². The zero-order valence-corrected chi connectivity index (χ0v) is 18.6. The Kier molecular flexibility index (Phi) is 8.83. The predicted molar refractivity (Wildman–Crippen MR) is 115 cm³/mol. The molecule has 1 aromatic heterocycles. The van der Waals surface area contributed by atoms with Crippen LogP contribution < -0.4 is 15.8 Å². The largest absolute Gasteiger partial charge is 0.396 e.